The summed E-state index contributed by atoms with van der Waals surface area (Å²) in [6, 6.07) is 3.03. The van der Waals surface area contributed by atoms with E-state index in [0.717, 1.165) is 0 Å². The predicted molar refractivity (Wildman–Crippen MR) is 35.5 cm³/mol. The number of rotatable bonds is 2. The van der Waals surface area contributed by atoms with Crippen LogP contribution in [0.1, 0.15) is 0 Å². The van der Waals surface area contributed by atoms with Gasteiger partial charge in [0.1, 0.15) is 6.73 Å². The summed E-state index contributed by atoms with van der Waals surface area (Å²) in [4.78, 5) is 10.8. The molecular formula is C6H8N2O2. The second-order valence-corrected chi connectivity index (χ2v) is 1.78. The molecule has 0 saturated heterocycles. The van der Waals surface area contributed by atoms with Crippen molar-refractivity contribution in [3.8, 4) is 0 Å². The highest BCUT2D eigenvalue weighted by Gasteiger charge is 1.90. The predicted octanol–water partition coefficient (Wildman–Crippen LogP) is -0.153. The molecule has 0 saturated carbocycles. The molecule has 0 aliphatic carbocycles. The van der Waals surface area contributed by atoms with Crippen LogP contribution in [0.3, 0.4) is 0 Å². The van der Waals surface area contributed by atoms with E-state index in [9.17, 15) is 4.79 Å². The number of ether oxygens (including phenoxy) is 1. The standard InChI is InChI=1S/C6H8N2O2/c1-10-5-8-6(9)3-2-4-7-8/h2-4H,5H2,1H3. The molecule has 10 heavy (non-hydrogen) atoms. The second kappa shape index (κ2) is 3.12. The maximum Gasteiger partial charge on any atom is 0.268 e. The van der Waals surface area contributed by atoms with Crippen molar-refractivity contribution >= 4 is 0 Å². The largest absolute Gasteiger partial charge is 0.362 e. The van der Waals surface area contributed by atoms with Crippen molar-refractivity contribution in [1.82, 2.24) is 9.78 Å². The van der Waals surface area contributed by atoms with Crippen LogP contribution in [0.4, 0.5) is 0 Å². The zero-order valence-corrected chi connectivity index (χ0v) is 5.65. The fourth-order valence-electron chi connectivity index (χ4n) is 0.606. The molecule has 0 aliphatic rings. The Balaban J connectivity index is 2.92. The Bertz CT molecular complexity index is 256. The van der Waals surface area contributed by atoms with Crippen LogP contribution >= 0.6 is 0 Å². The number of methoxy groups -OCH3 is 1. The minimum Gasteiger partial charge on any atom is -0.362 e. The highest BCUT2D eigenvalue weighted by Crippen LogP contribution is 1.74. The van der Waals surface area contributed by atoms with E-state index < -0.39 is 0 Å². The van der Waals surface area contributed by atoms with Gasteiger partial charge < -0.3 is 4.74 Å². The van der Waals surface area contributed by atoms with Gasteiger partial charge in [-0.15, -0.1) is 0 Å². The molecule has 0 amide bonds. The van der Waals surface area contributed by atoms with Crippen LogP contribution in [-0.2, 0) is 11.5 Å². The summed E-state index contributed by atoms with van der Waals surface area (Å²) in [6.45, 7) is 0.208. The summed E-state index contributed by atoms with van der Waals surface area (Å²) >= 11 is 0. The molecular weight excluding hydrogens is 132 g/mol. The van der Waals surface area contributed by atoms with Gasteiger partial charge >= 0.3 is 0 Å². The van der Waals surface area contributed by atoms with Crippen molar-refractivity contribution in [2.24, 2.45) is 0 Å². The van der Waals surface area contributed by atoms with Gasteiger partial charge in [-0.25, -0.2) is 4.68 Å². The smallest absolute Gasteiger partial charge is 0.268 e. The van der Waals surface area contributed by atoms with Gasteiger partial charge in [0.15, 0.2) is 0 Å². The average Bonchev–Trinajstić information content (AvgIpc) is 1.94. The summed E-state index contributed by atoms with van der Waals surface area (Å²) in [5, 5.41) is 3.75. The monoisotopic (exact) mass is 140 g/mol. The van der Waals surface area contributed by atoms with Crippen LogP contribution in [0.25, 0.3) is 0 Å². The quantitative estimate of drug-likeness (QED) is 0.573. The lowest BCUT2D eigenvalue weighted by molar-refractivity contribution is 0.116. The zero-order valence-electron chi connectivity index (χ0n) is 5.65. The lowest BCUT2D eigenvalue weighted by atomic mass is 10.6. The van der Waals surface area contributed by atoms with Crippen molar-refractivity contribution in [3.63, 3.8) is 0 Å². The third kappa shape index (κ3) is 1.41. The number of hydrogen-bond acceptors (Lipinski definition) is 3. The minimum atomic E-state index is -0.149. The molecule has 0 aliphatic heterocycles. The van der Waals surface area contributed by atoms with Crippen molar-refractivity contribution in [3.05, 3.63) is 28.7 Å². The van der Waals surface area contributed by atoms with E-state index in [1.54, 1.807) is 12.3 Å². The molecule has 0 radical (unpaired) electrons. The van der Waals surface area contributed by atoms with Crippen LogP contribution < -0.4 is 5.56 Å². The Morgan fingerprint density at radius 1 is 1.80 bits per heavy atom. The molecule has 0 fully saturated rings. The molecule has 4 nitrogen and oxygen atoms in total. The first-order valence-corrected chi connectivity index (χ1v) is 2.85. The average molecular weight is 140 g/mol. The SMILES string of the molecule is COCn1ncccc1=O. The molecule has 4 heteroatoms. The van der Waals surface area contributed by atoms with E-state index in [2.05, 4.69) is 5.10 Å². The molecule has 54 valence electrons. The summed E-state index contributed by atoms with van der Waals surface area (Å²) in [6.07, 6.45) is 1.54. The summed E-state index contributed by atoms with van der Waals surface area (Å²) in [5.41, 5.74) is -0.149. The molecule has 0 aromatic carbocycles. The van der Waals surface area contributed by atoms with Gasteiger partial charge in [0.25, 0.3) is 5.56 Å². The van der Waals surface area contributed by atoms with Gasteiger partial charge in [-0.05, 0) is 6.07 Å². The number of aromatic nitrogens is 2. The Hall–Kier alpha value is -1.16. The molecule has 1 rings (SSSR count). The molecule has 1 heterocycles. The maximum atomic E-state index is 10.8. The van der Waals surface area contributed by atoms with Crippen molar-refractivity contribution < 1.29 is 4.74 Å². The van der Waals surface area contributed by atoms with Crippen LogP contribution in [0.15, 0.2) is 23.1 Å². The molecule has 0 spiro atoms. The fourth-order valence-corrected chi connectivity index (χ4v) is 0.606. The van der Waals surface area contributed by atoms with Gasteiger partial charge in [0, 0.05) is 19.4 Å². The van der Waals surface area contributed by atoms with E-state index in [0.29, 0.717) is 0 Å². The summed E-state index contributed by atoms with van der Waals surface area (Å²) in [7, 11) is 1.52. The first-order valence-electron chi connectivity index (χ1n) is 2.85. The Morgan fingerprint density at radius 2 is 2.60 bits per heavy atom. The fraction of sp³-hybridized carbons (Fsp3) is 0.333. The van der Waals surface area contributed by atoms with E-state index in [1.807, 2.05) is 0 Å². The minimum absolute atomic E-state index is 0.149. The first kappa shape index (κ1) is 6.95. The first-order chi connectivity index (χ1) is 4.84. The lowest BCUT2D eigenvalue weighted by Crippen LogP contribution is -2.21. The Labute approximate surface area is 58.1 Å². The topological polar surface area (TPSA) is 44.1 Å². The van der Waals surface area contributed by atoms with Crippen LogP contribution in [0.5, 0.6) is 0 Å². The third-order valence-corrected chi connectivity index (χ3v) is 1.04. The van der Waals surface area contributed by atoms with Gasteiger partial charge in [0.05, 0.1) is 0 Å². The van der Waals surface area contributed by atoms with E-state index in [4.69, 9.17) is 4.74 Å². The molecule has 0 N–H and O–H groups in total. The highest BCUT2D eigenvalue weighted by atomic mass is 16.5. The van der Waals surface area contributed by atoms with E-state index in [-0.39, 0.29) is 12.3 Å². The Kier molecular flexibility index (Phi) is 2.17. The van der Waals surface area contributed by atoms with Crippen molar-refractivity contribution in [2.75, 3.05) is 7.11 Å². The Morgan fingerprint density at radius 3 is 3.20 bits per heavy atom. The molecule has 1 aromatic rings. The van der Waals surface area contributed by atoms with Gasteiger partial charge in [-0.2, -0.15) is 5.10 Å². The van der Waals surface area contributed by atoms with E-state index >= 15 is 0 Å². The maximum absolute atomic E-state index is 10.8. The van der Waals surface area contributed by atoms with Gasteiger partial charge in [-0.3, -0.25) is 4.79 Å². The summed E-state index contributed by atoms with van der Waals surface area (Å²) in [5.74, 6) is 0. The molecule has 0 atom stereocenters. The number of nitrogens with zero attached hydrogens (tertiary/aromatic N) is 2. The second-order valence-electron chi connectivity index (χ2n) is 1.78. The normalized spacial score (nSPS) is 9.70. The molecule has 0 bridgehead atoms. The van der Waals surface area contributed by atoms with Crippen molar-refractivity contribution in [2.45, 2.75) is 6.73 Å². The summed E-state index contributed by atoms with van der Waals surface area (Å²) < 4.78 is 5.95. The van der Waals surface area contributed by atoms with Gasteiger partial charge in [-0.1, -0.05) is 0 Å². The van der Waals surface area contributed by atoms with Gasteiger partial charge in [0.2, 0.25) is 0 Å². The van der Waals surface area contributed by atoms with Crippen molar-refractivity contribution in [1.29, 1.82) is 0 Å². The molecule has 1 aromatic heterocycles. The number of hydrogen-bond donors (Lipinski definition) is 0. The lowest BCUT2D eigenvalue weighted by Gasteiger charge is -1.98. The zero-order chi connectivity index (χ0) is 7.40. The molecule has 0 unspecified atom stereocenters. The van der Waals surface area contributed by atoms with Crippen LogP contribution in [0.2, 0.25) is 0 Å². The highest BCUT2D eigenvalue weighted by molar-refractivity contribution is 4.83. The third-order valence-electron chi connectivity index (χ3n) is 1.04. The van der Waals surface area contributed by atoms with Crippen LogP contribution in [-0.4, -0.2) is 16.9 Å². The van der Waals surface area contributed by atoms with E-state index in [1.165, 1.54) is 17.9 Å². The van der Waals surface area contributed by atoms with Crippen LogP contribution in [0, 0.1) is 0 Å².